The third kappa shape index (κ3) is 5.49. The van der Waals surface area contributed by atoms with Crippen LogP contribution in [0.3, 0.4) is 0 Å². The molecule has 1 N–H and O–H groups in total. The molecule has 0 aliphatic heterocycles. The highest BCUT2D eigenvalue weighted by Gasteiger charge is 2.19. The van der Waals surface area contributed by atoms with Crippen molar-refractivity contribution >= 4 is 17.5 Å². The number of carbonyl (C=O) groups is 2. The van der Waals surface area contributed by atoms with Crippen LogP contribution in [-0.2, 0) is 9.59 Å². The van der Waals surface area contributed by atoms with E-state index in [4.69, 9.17) is 0 Å². The predicted octanol–water partition coefficient (Wildman–Crippen LogP) is 2.62. The molecule has 2 amide bonds. The summed E-state index contributed by atoms with van der Waals surface area (Å²) in [5, 5.41) is 2.76. The van der Waals surface area contributed by atoms with Crippen molar-refractivity contribution in [3.63, 3.8) is 0 Å². The van der Waals surface area contributed by atoms with Crippen molar-refractivity contribution in [2.45, 2.75) is 39.7 Å². The zero-order valence-electron chi connectivity index (χ0n) is 12.7. The second-order valence-electron chi connectivity index (χ2n) is 5.81. The van der Waals surface area contributed by atoms with E-state index in [0.717, 1.165) is 11.0 Å². The number of carbonyl (C=O) groups excluding carboxylic acids is 2. The summed E-state index contributed by atoms with van der Waals surface area (Å²) in [5.74, 6) is -2.20. The molecule has 0 heterocycles. The lowest BCUT2D eigenvalue weighted by atomic mass is 10.1. The molecule has 21 heavy (non-hydrogen) atoms. The molecule has 1 rings (SSSR count). The number of benzene rings is 1. The fourth-order valence-corrected chi connectivity index (χ4v) is 1.84. The zero-order chi connectivity index (χ0) is 16.2. The van der Waals surface area contributed by atoms with Crippen molar-refractivity contribution in [1.29, 1.82) is 0 Å². The van der Waals surface area contributed by atoms with Crippen LogP contribution in [0.4, 0.5) is 14.5 Å². The number of amides is 2. The third-order valence-electron chi connectivity index (χ3n) is 2.66. The summed E-state index contributed by atoms with van der Waals surface area (Å²) in [6, 6.07) is 2.97. The Balaban J connectivity index is 2.80. The summed E-state index contributed by atoms with van der Waals surface area (Å²) in [6.45, 7) is 6.82. The molecule has 0 spiro atoms. The largest absolute Gasteiger partial charge is 0.351 e. The van der Waals surface area contributed by atoms with Gasteiger partial charge < -0.3 is 10.2 Å². The average molecular weight is 298 g/mol. The lowest BCUT2D eigenvalue weighted by Gasteiger charge is -2.24. The number of anilines is 1. The van der Waals surface area contributed by atoms with Crippen molar-refractivity contribution in [2.24, 2.45) is 0 Å². The molecule has 6 heteroatoms. The van der Waals surface area contributed by atoms with Crippen molar-refractivity contribution in [3.8, 4) is 0 Å². The van der Waals surface area contributed by atoms with Gasteiger partial charge in [-0.2, -0.15) is 0 Å². The van der Waals surface area contributed by atoms with Crippen LogP contribution in [0.2, 0.25) is 0 Å². The first-order chi connectivity index (χ1) is 9.60. The number of halogens is 2. The molecule has 0 fully saturated rings. The molecule has 0 aliphatic rings. The van der Waals surface area contributed by atoms with Gasteiger partial charge in [0.15, 0.2) is 0 Å². The second kappa shape index (κ2) is 6.65. The van der Waals surface area contributed by atoms with Crippen LogP contribution in [0.25, 0.3) is 0 Å². The maximum absolute atomic E-state index is 13.7. The maximum atomic E-state index is 13.7. The number of nitrogens with zero attached hydrogens (tertiary/aromatic N) is 1. The van der Waals surface area contributed by atoms with E-state index < -0.39 is 17.5 Å². The topological polar surface area (TPSA) is 49.4 Å². The van der Waals surface area contributed by atoms with Gasteiger partial charge in [-0.1, -0.05) is 0 Å². The highest BCUT2D eigenvalue weighted by molar-refractivity contribution is 5.92. The van der Waals surface area contributed by atoms with E-state index in [0.29, 0.717) is 6.07 Å². The molecule has 0 saturated heterocycles. The smallest absolute Gasteiger partial charge is 0.223 e. The molecule has 1 aromatic carbocycles. The van der Waals surface area contributed by atoms with Crippen molar-refractivity contribution in [3.05, 3.63) is 29.8 Å². The first kappa shape index (κ1) is 17.1. The van der Waals surface area contributed by atoms with Gasteiger partial charge in [0.2, 0.25) is 11.8 Å². The summed E-state index contributed by atoms with van der Waals surface area (Å²) in [6.07, 6.45) is 0.0354. The van der Waals surface area contributed by atoms with Gasteiger partial charge >= 0.3 is 0 Å². The van der Waals surface area contributed by atoms with Gasteiger partial charge in [0, 0.05) is 31.5 Å². The van der Waals surface area contributed by atoms with E-state index in [9.17, 15) is 18.4 Å². The number of hydrogen-bond acceptors (Lipinski definition) is 2. The van der Waals surface area contributed by atoms with E-state index in [1.54, 1.807) is 0 Å². The minimum Gasteiger partial charge on any atom is -0.351 e. The summed E-state index contributed by atoms with van der Waals surface area (Å²) >= 11 is 0. The molecule has 0 unspecified atom stereocenters. The molecule has 0 bridgehead atoms. The molecular formula is C15H20F2N2O2. The van der Waals surface area contributed by atoms with Gasteiger partial charge in [-0.25, -0.2) is 8.78 Å². The monoisotopic (exact) mass is 298 g/mol. The Morgan fingerprint density at radius 1 is 1.24 bits per heavy atom. The van der Waals surface area contributed by atoms with E-state index in [2.05, 4.69) is 5.32 Å². The Labute approximate surface area is 123 Å². The molecule has 0 saturated carbocycles. The van der Waals surface area contributed by atoms with E-state index in [-0.39, 0.29) is 30.1 Å². The average Bonchev–Trinajstić information content (AvgIpc) is 2.29. The molecule has 116 valence electrons. The lowest BCUT2D eigenvalue weighted by molar-refractivity contribution is -0.122. The zero-order valence-corrected chi connectivity index (χ0v) is 12.7. The number of hydrogen-bond donors (Lipinski definition) is 1. The van der Waals surface area contributed by atoms with Gasteiger partial charge in [0.1, 0.15) is 11.6 Å². The normalized spacial score (nSPS) is 11.1. The molecule has 4 nitrogen and oxygen atoms in total. The highest BCUT2D eigenvalue weighted by atomic mass is 19.1. The van der Waals surface area contributed by atoms with Crippen LogP contribution < -0.4 is 10.2 Å². The molecule has 0 radical (unpaired) electrons. The maximum Gasteiger partial charge on any atom is 0.223 e. The van der Waals surface area contributed by atoms with Gasteiger partial charge in [-0.3, -0.25) is 9.59 Å². The van der Waals surface area contributed by atoms with Gasteiger partial charge in [0.05, 0.1) is 5.69 Å². The number of rotatable bonds is 4. The highest BCUT2D eigenvalue weighted by Crippen LogP contribution is 2.20. The minimum absolute atomic E-state index is 0.0276. The molecule has 1 aromatic rings. The fourth-order valence-electron chi connectivity index (χ4n) is 1.84. The Morgan fingerprint density at radius 2 is 1.86 bits per heavy atom. The van der Waals surface area contributed by atoms with Crippen LogP contribution in [-0.4, -0.2) is 23.9 Å². The lowest BCUT2D eigenvalue weighted by Crippen LogP contribution is -2.42. The summed E-state index contributed by atoms with van der Waals surface area (Å²) in [5.41, 5.74) is -0.410. The van der Waals surface area contributed by atoms with Crippen LogP contribution in [0.15, 0.2) is 18.2 Å². The molecular weight excluding hydrogens is 278 g/mol. The van der Waals surface area contributed by atoms with Crippen molar-refractivity contribution in [2.75, 3.05) is 11.4 Å². The van der Waals surface area contributed by atoms with Gasteiger partial charge in [-0.15, -0.1) is 0 Å². The van der Waals surface area contributed by atoms with E-state index in [1.165, 1.54) is 13.0 Å². The SMILES string of the molecule is CC(=O)N(CCC(=O)NC(C)(C)C)c1ccc(F)cc1F. The Bertz CT molecular complexity index is 539. The van der Waals surface area contributed by atoms with Gasteiger partial charge in [0.25, 0.3) is 0 Å². The summed E-state index contributed by atoms with van der Waals surface area (Å²) in [4.78, 5) is 24.5. The first-order valence-corrected chi connectivity index (χ1v) is 6.64. The first-order valence-electron chi connectivity index (χ1n) is 6.64. The van der Waals surface area contributed by atoms with Crippen molar-refractivity contribution in [1.82, 2.24) is 5.32 Å². The van der Waals surface area contributed by atoms with Crippen LogP contribution in [0.5, 0.6) is 0 Å². The molecule has 0 atom stereocenters. The Hall–Kier alpha value is -1.98. The van der Waals surface area contributed by atoms with Crippen LogP contribution in [0.1, 0.15) is 34.1 Å². The second-order valence-corrected chi connectivity index (χ2v) is 5.81. The fraction of sp³-hybridized carbons (Fsp3) is 0.467. The Morgan fingerprint density at radius 3 is 2.33 bits per heavy atom. The van der Waals surface area contributed by atoms with E-state index in [1.807, 2.05) is 20.8 Å². The third-order valence-corrected chi connectivity index (χ3v) is 2.66. The number of nitrogens with one attached hydrogen (secondary N) is 1. The van der Waals surface area contributed by atoms with E-state index >= 15 is 0 Å². The van der Waals surface area contributed by atoms with Gasteiger partial charge in [-0.05, 0) is 32.9 Å². The quantitative estimate of drug-likeness (QED) is 0.929. The molecule has 0 aromatic heterocycles. The minimum atomic E-state index is -0.832. The van der Waals surface area contributed by atoms with Crippen LogP contribution >= 0.6 is 0 Å². The predicted molar refractivity (Wildman–Crippen MR) is 76.9 cm³/mol. The van der Waals surface area contributed by atoms with Crippen LogP contribution in [0, 0.1) is 11.6 Å². The molecule has 0 aliphatic carbocycles. The van der Waals surface area contributed by atoms with Crippen molar-refractivity contribution < 1.29 is 18.4 Å². The summed E-state index contributed by atoms with van der Waals surface area (Å²) < 4.78 is 26.6. The Kier molecular flexibility index (Phi) is 5.41. The standard InChI is InChI=1S/C15H20F2N2O2/c1-10(20)19(8-7-14(21)18-15(2,3)4)13-6-5-11(16)9-12(13)17/h5-6,9H,7-8H2,1-4H3,(H,18,21). The summed E-state index contributed by atoms with van der Waals surface area (Å²) in [7, 11) is 0.